The van der Waals surface area contributed by atoms with Gasteiger partial charge in [0, 0.05) is 105 Å². The molecule has 36 heteroatoms. The molecule has 7 heterocycles. The first-order chi connectivity index (χ1) is 56.5. The highest BCUT2D eigenvalue weighted by molar-refractivity contribution is 7.85. The van der Waals surface area contributed by atoms with Gasteiger partial charge < -0.3 is 85.3 Å². The van der Waals surface area contributed by atoms with Gasteiger partial charge in [-0.15, -0.1) is 0 Å². The van der Waals surface area contributed by atoms with Crippen LogP contribution in [0.1, 0.15) is 141 Å². The first-order valence-corrected chi connectivity index (χ1v) is 42.8. The number of nitrogens with one attached hydrogen (secondary N) is 4. The van der Waals surface area contributed by atoms with Crippen LogP contribution in [0, 0.1) is 29.1 Å². The van der Waals surface area contributed by atoms with Crippen molar-refractivity contribution in [3.63, 3.8) is 0 Å². The number of hydrogen-bond acceptors (Lipinski definition) is 26. The van der Waals surface area contributed by atoms with Crippen LogP contribution in [0.2, 0.25) is 0 Å². The second-order valence-corrected chi connectivity index (χ2v) is 36.9. The van der Waals surface area contributed by atoms with Gasteiger partial charge >= 0.3 is 18.0 Å². The summed E-state index contributed by atoms with van der Waals surface area (Å²) >= 11 is 1.39. The number of aromatic nitrogens is 4. The van der Waals surface area contributed by atoms with Crippen molar-refractivity contribution in [2.75, 3.05) is 87.0 Å². The van der Waals surface area contributed by atoms with E-state index in [4.69, 9.17) is 29.0 Å². The van der Waals surface area contributed by atoms with Crippen molar-refractivity contribution in [3.8, 4) is 11.1 Å². The number of likely N-dealkylation sites (tertiary alicyclic amines) is 1. The number of hydrogen-bond donors (Lipinski definition) is 12. The molecule has 2 saturated heterocycles. The number of carboxylic acids is 2. The summed E-state index contributed by atoms with van der Waals surface area (Å²) in [7, 11) is -4.37. The van der Waals surface area contributed by atoms with Crippen molar-refractivity contribution in [1.29, 1.82) is 0 Å². The molecule has 6 amide bonds. The number of carbonyl (C=O) groups is 8. The third-order valence-corrected chi connectivity index (χ3v) is 26.0. The van der Waals surface area contributed by atoms with Crippen LogP contribution in [-0.4, -0.2) is 269 Å². The number of aryl methyl sites for hydroxylation is 1. The SMILES string of the molecule is Cc1c(-c2ccc(N3CCc4cccc(C(=O)Nc5nc6ccccc6s5)c4C3)nc2C(=O)O)cnn1CC12CC3(C)CC(C)(C1)CC(OCCN(CC[C@H](O)CO)C(=O)OCc1ccc(NC[C@H](C)NC[C@@H](NC(=O)CN4C(=O)[C@@H](N5C(=O)C=CC5=O)C[C@H]4COCCS(=O)(=O)O)C(C)C)cc1CC[C@@H]1O[C@H](C(=O)O)[C@@H](O)[C@H](O)[C@H]1O)(C3)C2. The predicted molar refractivity (Wildman–Crippen MR) is 434 cm³/mol. The molecule has 6 aromatic rings. The third kappa shape index (κ3) is 20.1. The molecule has 6 fully saturated rings. The van der Waals surface area contributed by atoms with E-state index in [2.05, 4.69) is 40.1 Å². The lowest BCUT2D eigenvalue weighted by atomic mass is 9.39. The van der Waals surface area contributed by atoms with E-state index < -0.39 is 138 Å². The Morgan fingerprint density at radius 1 is 0.840 bits per heavy atom. The van der Waals surface area contributed by atoms with Crippen LogP contribution in [-0.2, 0) is 85.6 Å². The minimum atomic E-state index is -4.37. The van der Waals surface area contributed by atoms with E-state index in [0.717, 1.165) is 76.2 Å². The van der Waals surface area contributed by atoms with E-state index in [0.29, 0.717) is 83.5 Å². The number of aliphatic hydroxyl groups excluding tert-OH is 5. The molecule has 4 aliphatic carbocycles. The van der Waals surface area contributed by atoms with Crippen LogP contribution in [0.5, 0.6) is 0 Å². The van der Waals surface area contributed by atoms with Crippen LogP contribution in [0.3, 0.4) is 0 Å². The zero-order valence-corrected chi connectivity index (χ0v) is 69.0. The van der Waals surface area contributed by atoms with Crippen molar-refractivity contribution < 1.29 is 106 Å². The summed E-state index contributed by atoms with van der Waals surface area (Å²) in [6, 6.07) is 19.4. The molecule has 34 nitrogen and oxygen atoms in total. The first kappa shape index (κ1) is 87.4. The van der Waals surface area contributed by atoms with E-state index in [1.54, 1.807) is 36.5 Å². The van der Waals surface area contributed by atoms with Gasteiger partial charge in [0.25, 0.3) is 27.8 Å². The van der Waals surface area contributed by atoms with Crippen molar-refractivity contribution in [2.45, 2.75) is 198 Å². The molecule has 119 heavy (non-hydrogen) atoms. The van der Waals surface area contributed by atoms with Gasteiger partial charge in [-0.1, -0.05) is 69.4 Å². The summed E-state index contributed by atoms with van der Waals surface area (Å²) in [5.74, 6) is -6.08. The topological polar surface area (TPSA) is 474 Å². The molecular formula is C83H106N12O22S2. The number of para-hydroxylation sites is 1. The fourth-order valence-corrected chi connectivity index (χ4v) is 20.8. The Kier molecular flexibility index (Phi) is 26.5. The van der Waals surface area contributed by atoms with Crippen molar-refractivity contribution in [3.05, 3.63) is 130 Å². The fraction of sp³-hybridized carbons (Fsp3) is 0.554. The minimum absolute atomic E-state index is 0.00405. The highest BCUT2D eigenvalue weighted by atomic mass is 32.2. The Bertz CT molecular complexity index is 4890. The maximum atomic E-state index is 14.6. The van der Waals surface area contributed by atoms with Crippen molar-refractivity contribution >= 4 is 95.9 Å². The van der Waals surface area contributed by atoms with E-state index in [1.165, 1.54) is 21.1 Å². The number of benzene rings is 3. The quantitative estimate of drug-likeness (QED) is 0.0137. The number of rotatable bonds is 37. The number of aromatic carboxylic acids is 1. The van der Waals surface area contributed by atoms with Gasteiger partial charge in [-0.2, -0.15) is 13.5 Å². The first-order valence-electron chi connectivity index (χ1n) is 40.3. The Morgan fingerprint density at radius 2 is 1.59 bits per heavy atom. The molecule has 12 atom stereocenters. The van der Waals surface area contributed by atoms with E-state index in [1.807, 2.05) is 79.7 Å². The zero-order chi connectivity index (χ0) is 85.2. The summed E-state index contributed by atoms with van der Waals surface area (Å²) < 4.78 is 59.3. The molecule has 8 aliphatic rings. The maximum Gasteiger partial charge on any atom is 0.410 e. The van der Waals surface area contributed by atoms with Gasteiger partial charge in [0.1, 0.15) is 36.8 Å². The average molecular weight is 1690 g/mol. The second kappa shape index (κ2) is 36.1. The summed E-state index contributed by atoms with van der Waals surface area (Å²) in [4.78, 5) is 122. The number of imide groups is 1. The molecule has 3 aromatic carbocycles. The number of carbonyl (C=O) groups excluding carboxylic acids is 6. The molecule has 4 aliphatic heterocycles. The number of carboxylic acid groups (broad SMARTS) is 2. The Morgan fingerprint density at radius 3 is 2.29 bits per heavy atom. The number of amides is 6. The van der Waals surface area contributed by atoms with Gasteiger partial charge in [0.15, 0.2) is 16.9 Å². The molecule has 0 spiro atoms. The number of anilines is 3. The van der Waals surface area contributed by atoms with Crippen LogP contribution in [0.15, 0.2) is 91.1 Å². The number of fused-ring (bicyclic) bond motifs is 2. The van der Waals surface area contributed by atoms with Crippen molar-refractivity contribution in [1.82, 2.24) is 45.1 Å². The molecular weight excluding hydrogens is 1580 g/mol. The summed E-state index contributed by atoms with van der Waals surface area (Å²) in [6.07, 6.45) is -1.12. The summed E-state index contributed by atoms with van der Waals surface area (Å²) in [6.45, 7) is 12.3. The molecule has 3 aromatic heterocycles. The molecule has 642 valence electrons. The molecule has 12 N–H and O–H groups in total. The van der Waals surface area contributed by atoms with E-state index in [9.17, 15) is 87.1 Å². The van der Waals surface area contributed by atoms with Crippen LogP contribution < -0.4 is 26.2 Å². The Hall–Kier alpha value is -9.44. The zero-order valence-electron chi connectivity index (χ0n) is 67.4. The number of thiazole rings is 1. The smallest absolute Gasteiger partial charge is 0.410 e. The van der Waals surface area contributed by atoms with Crippen LogP contribution in [0.25, 0.3) is 21.3 Å². The normalized spacial score (nSPS) is 26.0. The van der Waals surface area contributed by atoms with Gasteiger partial charge in [-0.3, -0.25) is 43.4 Å². The highest BCUT2D eigenvalue weighted by Gasteiger charge is 2.66. The summed E-state index contributed by atoms with van der Waals surface area (Å²) in [5.41, 5.74) is 5.36. The monoisotopic (exact) mass is 1690 g/mol. The van der Waals surface area contributed by atoms with Crippen LogP contribution >= 0.6 is 11.3 Å². The number of pyridine rings is 1. The molecule has 4 bridgehead atoms. The molecule has 4 saturated carbocycles. The van der Waals surface area contributed by atoms with Gasteiger partial charge in [0.2, 0.25) is 11.8 Å². The lowest BCUT2D eigenvalue weighted by molar-refractivity contribution is -0.248. The van der Waals surface area contributed by atoms with E-state index in [-0.39, 0.29) is 105 Å². The minimum Gasteiger partial charge on any atom is -0.479 e. The van der Waals surface area contributed by atoms with Crippen molar-refractivity contribution in [2.24, 2.45) is 22.2 Å². The predicted octanol–water partition coefficient (Wildman–Crippen LogP) is 5.09. The average Bonchev–Trinajstić information content (AvgIpc) is 1.51. The number of aliphatic hydroxyl groups is 5. The van der Waals surface area contributed by atoms with Gasteiger partial charge in [-0.25, -0.2) is 24.4 Å². The van der Waals surface area contributed by atoms with Gasteiger partial charge in [0.05, 0.1) is 79.0 Å². The maximum absolute atomic E-state index is 14.6. The molecule has 14 rings (SSSR count). The fourth-order valence-electron chi connectivity index (χ4n) is 19.6. The number of aliphatic carboxylic acids is 1. The molecule has 0 radical (unpaired) electrons. The van der Waals surface area contributed by atoms with Crippen LogP contribution in [0.4, 0.5) is 21.4 Å². The Balaban J connectivity index is 0.653. The largest absolute Gasteiger partial charge is 0.479 e. The molecule has 2 unspecified atom stereocenters. The third-order valence-electron chi connectivity index (χ3n) is 24.4. The van der Waals surface area contributed by atoms with E-state index >= 15 is 0 Å². The standard InChI is InChI=1S/C83H106N12O22S2/c1-47(2)61(87-66(98)36-93-54(39-114-28-29-119(111,112)113)31-62(75(93)105)95-67(99)20-21-68(95)100)34-84-48(3)32-85-53-16-14-52(51(30-53)15-18-63-70(101)71(102)72(103)73(117-63)77(108)109)38-115-79(110)91(25-23-55(97)37-96)26-27-116-83-43-80(5)40-81(6,44-83)42-82(41-80,45-83)46-94-49(4)58(33-86-94)56-17-19-65(89-69(56)76(106)107)92-24-22-50-10-9-11-57(59(50)35-92)74(104)90-78-88-60-12-7-8-13-64(60)118-78/h7-14,16-17,19-21,30,33,47-48,54-55,61-63,70-73,84-85,96-97,101-103H,15,18,22-29,31-32,34-46H2,1-6H3,(H,87,98)(H,106,107)(H,108,109)(H,88,90,104)(H,111,112,113)/t48-,54-,55-,61+,62-,63-,70-,71+,72-,73-,80?,81?,82?,83?/m0/s1. The number of nitrogens with zero attached hydrogens (tertiary/aromatic N) is 8. The number of ether oxygens (including phenoxy) is 4. The lowest BCUT2D eigenvalue weighted by Crippen LogP contribution is -2.64. The summed E-state index contributed by atoms with van der Waals surface area (Å²) in [5, 5.41) is 91.9. The second-order valence-electron chi connectivity index (χ2n) is 34.3. The lowest BCUT2D eigenvalue weighted by Gasteiger charge is -2.69. The van der Waals surface area contributed by atoms with Gasteiger partial charge in [-0.05, 0) is 165 Å². The highest BCUT2D eigenvalue weighted by Crippen LogP contribution is 2.72. The Labute approximate surface area is 692 Å².